The summed E-state index contributed by atoms with van der Waals surface area (Å²) in [5.41, 5.74) is 2.26. The van der Waals surface area contributed by atoms with E-state index in [1.54, 1.807) is 11.3 Å². The van der Waals surface area contributed by atoms with Crippen LogP contribution in [0.25, 0.3) is 10.6 Å². The number of carbonyl (C=O) groups is 1. The molecule has 2 rings (SSSR count). The van der Waals surface area contributed by atoms with Gasteiger partial charge in [0.1, 0.15) is 9.61 Å². The lowest BCUT2D eigenvalue weighted by molar-refractivity contribution is -0.136. The maximum atomic E-state index is 10.6. The molecule has 0 saturated heterocycles. The normalized spacial score (nSPS) is 10.6. The number of halogens is 1. The molecule has 1 heterocycles. The van der Waals surface area contributed by atoms with Crippen LogP contribution in [0, 0.1) is 6.92 Å². The van der Waals surface area contributed by atoms with Crippen LogP contribution in [0.3, 0.4) is 0 Å². The molecule has 0 unspecified atom stereocenters. The van der Waals surface area contributed by atoms with Crippen molar-refractivity contribution in [1.29, 1.82) is 0 Å². The molecule has 0 aliphatic carbocycles. The molecule has 0 radical (unpaired) electrons. The maximum absolute atomic E-state index is 10.6. The van der Waals surface area contributed by atoms with E-state index in [1.165, 1.54) is 5.56 Å². The van der Waals surface area contributed by atoms with Gasteiger partial charge in [0, 0.05) is 10.4 Å². The fourth-order valence-corrected chi connectivity index (χ4v) is 3.29. The Labute approximate surface area is 118 Å². The average molecular weight is 326 g/mol. The van der Waals surface area contributed by atoms with Crippen LogP contribution < -0.4 is 0 Å². The Hall–Kier alpha value is -1.20. The number of aliphatic carboxylic acids is 1. The van der Waals surface area contributed by atoms with Crippen molar-refractivity contribution in [3.8, 4) is 10.6 Å². The quantitative estimate of drug-likeness (QED) is 0.927. The Kier molecular flexibility index (Phi) is 4.14. The first-order chi connectivity index (χ1) is 8.56. The van der Waals surface area contributed by atoms with Crippen molar-refractivity contribution in [3.63, 3.8) is 0 Å². The number of hydrogen-bond acceptors (Lipinski definition) is 3. The largest absolute Gasteiger partial charge is 0.481 e. The van der Waals surface area contributed by atoms with Crippen molar-refractivity contribution < 1.29 is 9.90 Å². The van der Waals surface area contributed by atoms with Gasteiger partial charge in [0.2, 0.25) is 0 Å². The molecule has 0 fully saturated rings. The molecule has 0 saturated carbocycles. The van der Waals surface area contributed by atoms with Crippen molar-refractivity contribution >= 4 is 33.2 Å². The molecule has 1 N–H and O–H groups in total. The minimum atomic E-state index is -0.785. The second kappa shape index (κ2) is 5.63. The second-order valence-corrected chi connectivity index (χ2v) is 5.83. The molecule has 0 atom stereocenters. The summed E-state index contributed by atoms with van der Waals surface area (Å²) < 4.78 is 0.755. The van der Waals surface area contributed by atoms with Gasteiger partial charge in [0.15, 0.2) is 0 Å². The van der Waals surface area contributed by atoms with E-state index in [-0.39, 0.29) is 6.42 Å². The number of benzene rings is 1. The lowest BCUT2D eigenvalue weighted by atomic mass is 10.1. The summed E-state index contributed by atoms with van der Waals surface area (Å²) in [5, 5.41) is 9.62. The molecule has 0 bridgehead atoms. The number of hydrogen-bond donors (Lipinski definition) is 1. The van der Waals surface area contributed by atoms with Crippen molar-refractivity contribution in [2.24, 2.45) is 0 Å². The minimum Gasteiger partial charge on any atom is -0.481 e. The number of rotatable bonds is 4. The van der Waals surface area contributed by atoms with E-state index in [2.05, 4.69) is 27.0 Å². The summed E-state index contributed by atoms with van der Waals surface area (Å²) >= 11 is 4.93. The molecule has 1 aromatic carbocycles. The molecule has 18 heavy (non-hydrogen) atoms. The maximum Gasteiger partial charge on any atom is 0.303 e. The fourth-order valence-electron chi connectivity index (χ4n) is 1.61. The third-order valence-electron chi connectivity index (χ3n) is 2.48. The van der Waals surface area contributed by atoms with E-state index in [4.69, 9.17) is 5.11 Å². The lowest BCUT2D eigenvalue weighted by Crippen LogP contribution is -1.96. The SMILES string of the molecule is Cc1cccc(-c2nc(Br)c(CCC(=O)O)s2)c1. The third kappa shape index (κ3) is 3.17. The molecule has 0 amide bonds. The molecule has 0 aliphatic heterocycles. The van der Waals surface area contributed by atoms with E-state index >= 15 is 0 Å². The second-order valence-electron chi connectivity index (χ2n) is 4.00. The van der Waals surface area contributed by atoms with E-state index in [1.807, 2.05) is 25.1 Å². The highest BCUT2D eigenvalue weighted by Gasteiger charge is 2.11. The first-order valence-electron chi connectivity index (χ1n) is 5.50. The predicted octanol–water partition coefficient (Wildman–Crippen LogP) is 3.90. The van der Waals surface area contributed by atoms with Crippen LogP contribution >= 0.6 is 27.3 Å². The fraction of sp³-hybridized carbons (Fsp3) is 0.231. The van der Waals surface area contributed by atoms with Crippen LogP contribution in [0.4, 0.5) is 0 Å². The molecule has 2 aromatic rings. The van der Waals surface area contributed by atoms with Crippen LogP contribution in [-0.4, -0.2) is 16.1 Å². The zero-order valence-corrected chi connectivity index (χ0v) is 12.2. The van der Waals surface area contributed by atoms with Gasteiger partial charge >= 0.3 is 5.97 Å². The minimum absolute atomic E-state index is 0.133. The van der Waals surface area contributed by atoms with Crippen molar-refractivity contribution in [2.45, 2.75) is 19.8 Å². The summed E-state index contributed by atoms with van der Waals surface area (Å²) in [6, 6.07) is 8.12. The van der Waals surface area contributed by atoms with Crippen molar-refractivity contribution in [2.75, 3.05) is 0 Å². The van der Waals surface area contributed by atoms with Gasteiger partial charge in [-0.25, -0.2) is 4.98 Å². The number of thiazole rings is 1. The summed E-state index contributed by atoms with van der Waals surface area (Å²) in [6.07, 6.45) is 0.646. The lowest BCUT2D eigenvalue weighted by Gasteiger charge is -1.97. The molecule has 0 aliphatic rings. The Morgan fingerprint density at radius 1 is 1.50 bits per heavy atom. The highest BCUT2D eigenvalue weighted by Crippen LogP contribution is 2.32. The van der Waals surface area contributed by atoms with Crippen LogP contribution in [-0.2, 0) is 11.2 Å². The molecule has 3 nitrogen and oxygen atoms in total. The van der Waals surface area contributed by atoms with E-state index in [0.29, 0.717) is 6.42 Å². The monoisotopic (exact) mass is 325 g/mol. The van der Waals surface area contributed by atoms with Gasteiger partial charge in [-0.15, -0.1) is 11.3 Å². The average Bonchev–Trinajstić information content (AvgIpc) is 2.68. The van der Waals surface area contributed by atoms with Crippen LogP contribution in [0.1, 0.15) is 16.9 Å². The van der Waals surface area contributed by atoms with E-state index in [0.717, 1.165) is 20.1 Å². The summed E-state index contributed by atoms with van der Waals surface area (Å²) in [4.78, 5) is 16.0. The number of aromatic nitrogens is 1. The van der Waals surface area contributed by atoms with Crippen molar-refractivity contribution in [3.05, 3.63) is 39.3 Å². The zero-order chi connectivity index (χ0) is 13.1. The molecule has 0 spiro atoms. The Bertz CT molecular complexity index is 580. The molecular formula is C13H12BrNO2S. The van der Waals surface area contributed by atoms with Gasteiger partial charge in [0.25, 0.3) is 0 Å². The Morgan fingerprint density at radius 3 is 2.94 bits per heavy atom. The molecule has 5 heteroatoms. The summed E-state index contributed by atoms with van der Waals surface area (Å²) in [5.74, 6) is -0.785. The zero-order valence-electron chi connectivity index (χ0n) is 9.81. The smallest absolute Gasteiger partial charge is 0.303 e. The van der Waals surface area contributed by atoms with Gasteiger partial charge in [-0.2, -0.15) is 0 Å². The summed E-state index contributed by atoms with van der Waals surface area (Å²) in [6.45, 7) is 2.04. The third-order valence-corrected chi connectivity index (χ3v) is 4.56. The standard InChI is InChI=1S/C13H12BrNO2S/c1-8-3-2-4-9(7-8)13-15-12(14)10(18-13)5-6-11(16)17/h2-4,7H,5-6H2,1H3,(H,16,17). The molecular weight excluding hydrogens is 314 g/mol. The summed E-state index contributed by atoms with van der Waals surface area (Å²) in [7, 11) is 0. The number of carboxylic acid groups (broad SMARTS) is 1. The van der Waals surface area contributed by atoms with Crippen LogP contribution in [0.2, 0.25) is 0 Å². The van der Waals surface area contributed by atoms with Gasteiger partial charge in [-0.3, -0.25) is 4.79 Å². The van der Waals surface area contributed by atoms with Gasteiger partial charge in [-0.05, 0) is 35.3 Å². The molecule has 94 valence electrons. The first-order valence-corrected chi connectivity index (χ1v) is 7.11. The number of aryl methyl sites for hydroxylation is 2. The predicted molar refractivity (Wildman–Crippen MR) is 75.9 cm³/mol. The van der Waals surface area contributed by atoms with Crippen molar-refractivity contribution in [1.82, 2.24) is 4.98 Å². The van der Waals surface area contributed by atoms with E-state index < -0.39 is 5.97 Å². The van der Waals surface area contributed by atoms with Crippen LogP contribution in [0.15, 0.2) is 28.9 Å². The highest BCUT2D eigenvalue weighted by molar-refractivity contribution is 9.10. The first kappa shape index (κ1) is 13.2. The van der Waals surface area contributed by atoms with Gasteiger partial charge in [0.05, 0.1) is 6.42 Å². The number of carboxylic acids is 1. The van der Waals surface area contributed by atoms with Crippen LogP contribution in [0.5, 0.6) is 0 Å². The highest BCUT2D eigenvalue weighted by atomic mass is 79.9. The van der Waals surface area contributed by atoms with Gasteiger partial charge in [-0.1, -0.05) is 23.8 Å². The Balaban J connectivity index is 2.25. The topological polar surface area (TPSA) is 50.2 Å². The van der Waals surface area contributed by atoms with Gasteiger partial charge < -0.3 is 5.11 Å². The van der Waals surface area contributed by atoms with E-state index in [9.17, 15) is 4.79 Å². The number of nitrogens with zero attached hydrogens (tertiary/aromatic N) is 1. The Morgan fingerprint density at radius 2 is 2.28 bits per heavy atom. The molecule has 1 aromatic heterocycles.